The summed E-state index contributed by atoms with van der Waals surface area (Å²) in [6.45, 7) is 3.18. The van der Waals surface area contributed by atoms with Gasteiger partial charge in [0.05, 0.1) is 0 Å². The van der Waals surface area contributed by atoms with Gasteiger partial charge in [-0.05, 0) is 63.7 Å². The Labute approximate surface area is 181 Å². The molecule has 0 aromatic heterocycles. The molecule has 32 heavy (non-hydrogen) atoms. The molecule has 2 fully saturated rings. The number of hydrogen-bond acceptors (Lipinski definition) is 3. The molecular formula is C20H31F9O3. The Hall–Kier alpha value is -1.20. The number of ether oxygens (including phenoxy) is 1. The van der Waals surface area contributed by atoms with Crippen LogP contribution in [-0.2, 0) is 9.53 Å². The minimum Gasteiger partial charge on any atom is -0.458 e. The average Bonchev–Trinajstić information content (AvgIpc) is 3.07. The van der Waals surface area contributed by atoms with Crippen LogP contribution in [0.15, 0.2) is 0 Å². The predicted octanol–water partition coefficient (Wildman–Crippen LogP) is 6.83. The molecule has 0 aromatic carbocycles. The number of halogens is 9. The van der Waals surface area contributed by atoms with Crippen molar-refractivity contribution in [2.45, 2.75) is 97.5 Å². The smallest absolute Gasteiger partial charge is 0.426 e. The van der Waals surface area contributed by atoms with Gasteiger partial charge in [-0.2, -0.15) is 39.5 Å². The van der Waals surface area contributed by atoms with Gasteiger partial charge in [-0.1, -0.05) is 21.8 Å². The number of hydrogen-bond donors (Lipinski definition) is 1. The number of aliphatic hydroxyl groups is 1. The van der Waals surface area contributed by atoms with Gasteiger partial charge in [0.2, 0.25) is 0 Å². The van der Waals surface area contributed by atoms with Crippen LogP contribution in [0.3, 0.4) is 0 Å². The molecule has 2 saturated carbocycles. The highest BCUT2D eigenvalue weighted by Crippen LogP contribution is 2.60. The quantitative estimate of drug-likeness (QED) is 0.339. The van der Waals surface area contributed by atoms with Gasteiger partial charge in [0, 0.05) is 0 Å². The van der Waals surface area contributed by atoms with Gasteiger partial charge < -0.3 is 9.84 Å². The zero-order valence-corrected chi connectivity index (χ0v) is 16.4. The Balaban J connectivity index is 0.00000480. The normalized spacial score (nSPS) is 30.2. The fraction of sp³-hybridized carbons (Fsp3) is 0.950. The van der Waals surface area contributed by atoms with Crippen LogP contribution >= 0.6 is 0 Å². The molecule has 3 nitrogen and oxygen atoms in total. The summed E-state index contributed by atoms with van der Waals surface area (Å²) >= 11 is 0. The molecule has 1 N–H and O–H groups in total. The van der Waals surface area contributed by atoms with Crippen molar-refractivity contribution < 1.29 is 54.2 Å². The number of alkyl halides is 9. The van der Waals surface area contributed by atoms with Gasteiger partial charge in [0.25, 0.3) is 5.60 Å². The Bertz CT molecular complexity index is 657. The maximum Gasteiger partial charge on any atom is 0.426 e. The number of carbonyl (C=O) groups excluding carboxylic acids is 1. The van der Waals surface area contributed by atoms with Crippen molar-refractivity contribution in [3.8, 4) is 0 Å². The van der Waals surface area contributed by atoms with E-state index < -0.39 is 71.7 Å². The van der Waals surface area contributed by atoms with Gasteiger partial charge >= 0.3 is 24.5 Å². The van der Waals surface area contributed by atoms with Gasteiger partial charge in [-0.25, -0.2) is 0 Å². The summed E-state index contributed by atoms with van der Waals surface area (Å²) in [5.41, 5.74) is -9.07. The van der Waals surface area contributed by atoms with Crippen LogP contribution in [0.5, 0.6) is 0 Å². The monoisotopic (exact) mass is 490 g/mol. The van der Waals surface area contributed by atoms with E-state index in [1.54, 1.807) is 0 Å². The van der Waals surface area contributed by atoms with Crippen LogP contribution < -0.4 is 0 Å². The van der Waals surface area contributed by atoms with E-state index in [9.17, 15) is 49.4 Å². The highest BCUT2D eigenvalue weighted by Gasteiger charge is 2.72. The van der Waals surface area contributed by atoms with Gasteiger partial charge in [0.1, 0.15) is 5.60 Å². The molecule has 2 bridgehead atoms. The fourth-order valence-electron chi connectivity index (χ4n) is 4.58. The highest BCUT2D eigenvalue weighted by molar-refractivity contribution is 5.78. The van der Waals surface area contributed by atoms with E-state index in [1.807, 2.05) is 0 Å². The number of rotatable bonds is 5. The zero-order chi connectivity index (χ0) is 23.6. The SMILES string of the molecule is C.C.CCC(C)(C(=O)OC1(C)CC2CC1CC2CC(O)(C(F)(F)F)C(F)(F)F)C(F)(F)F. The lowest BCUT2D eigenvalue weighted by Crippen LogP contribution is -2.58. The van der Waals surface area contributed by atoms with Crippen LogP contribution in [0.2, 0.25) is 0 Å². The highest BCUT2D eigenvalue weighted by atomic mass is 19.4. The topological polar surface area (TPSA) is 46.5 Å². The molecule has 0 aliphatic heterocycles. The summed E-state index contributed by atoms with van der Waals surface area (Å²) in [7, 11) is 0. The third-order valence-corrected chi connectivity index (χ3v) is 6.98. The van der Waals surface area contributed by atoms with Crippen molar-refractivity contribution >= 4 is 5.97 Å². The summed E-state index contributed by atoms with van der Waals surface area (Å²) in [4.78, 5) is 12.3. The molecule has 2 rings (SSSR count). The van der Waals surface area contributed by atoms with Crippen LogP contribution in [0.1, 0.15) is 67.7 Å². The lowest BCUT2D eigenvalue weighted by atomic mass is 9.74. The van der Waals surface area contributed by atoms with Crippen molar-refractivity contribution in [1.82, 2.24) is 0 Å². The number of esters is 1. The summed E-state index contributed by atoms with van der Waals surface area (Å²) in [5.74, 6) is -4.12. The molecule has 0 spiro atoms. The van der Waals surface area contributed by atoms with E-state index in [4.69, 9.17) is 4.74 Å². The second-order valence-electron chi connectivity index (χ2n) is 8.84. The van der Waals surface area contributed by atoms with Crippen LogP contribution in [0.4, 0.5) is 39.5 Å². The van der Waals surface area contributed by atoms with Gasteiger partial charge in [-0.15, -0.1) is 0 Å². The molecule has 12 heteroatoms. The molecule has 0 aromatic rings. The second kappa shape index (κ2) is 8.87. The largest absolute Gasteiger partial charge is 0.458 e. The van der Waals surface area contributed by atoms with Gasteiger partial charge in [-0.3, -0.25) is 4.79 Å². The Morgan fingerprint density at radius 2 is 1.44 bits per heavy atom. The molecule has 0 radical (unpaired) electrons. The third-order valence-electron chi connectivity index (χ3n) is 6.98. The van der Waals surface area contributed by atoms with Crippen molar-refractivity contribution in [3.63, 3.8) is 0 Å². The minimum absolute atomic E-state index is 0. The summed E-state index contributed by atoms with van der Waals surface area (Å²) in [6.07, 6.45) is -19.2. The number of fused-ring (bicyclic) bond motifs is 2. The fourth-order valence-corrected chi connectivity index (χ4v) is 4.58. The summed E-state index contributed by atoms with van der Waals surface area (Å²) < 4.78 is 123. The molecule has 2 aliphatic rings. The van der Waals surface area contributed by atoms with Crippen LogP contribution in [0, 0.1) is 23.2 Å². The van der Waals surface area contributed by atoms with Crippen molar-refractivity contribution in [2.24, 2.45) is 23.2 Å². The molecule has 0 heterocycles. The Morgan fingerprint density at radius 1 is 0.969 bits per heavy atom. The van der Waals surface area contributed by atoms with E-state index in [0.717, 1.165) is 6.92 Å². The maximum atomic E-state index is 13.3. The second-order valence-corrected chi connectivity index (χ2v) is 8.84. The van der Waals surface area contributed by atoms with Crippen LogP contribution in [-0.4, -0.2) is 40.8 Å². The summed E-state index contributed by atoms with van der Waals surface area (Å²) in [5, 5.41) is 9.42. The van der Waals surface area contributed by atoms with E-state index >= 15 is 0 Å². The maximum absolute atomic E-state index is 13.3. The van der Waals surface area contributed by atoms with E-state index in [-0.39, 0.29) is 34.1 Å². The number of carbonyl (C=O) groups is 1. The van der Waals surface area contributed by atoms with E-state index in [1.165, 1.54) is 6.92 Å². The zero-order valence-electron chi connectivity index (χ0n) is 16.4. The molecule has 5 unspecified atom stereocenters. The summed E-state index contributed by atoms with van der Waals surface area (Å²) in [6, 6.07) is 0. The average molecular weight is 490 g/mol. The van der Waals surface area contributed by atoms with Crippen LogP contribution in [0.25, 0.3) is 0 Å². The first-order valence-electron chi connectivity index (χ1n) is 9.38. The van der Waals surface area contributed by atoms with Crippen molar-refractivity contribution in [2.75, 3.05) is 0 Å². The molecule has 0 amide bonds. The lowest BCUT2D eigenvalue weighted by Gasteiger charge is -2.41. The van der Waals surface area contributed by atoms with Crippen molar-refractivity contribution in [3.05, 3.63) is 0 Å². The Morgan fingerprint density at radius 3 is 1.75 bits per heavy atom. The van der Waals surface area contributed by atoms with E-state index in [2.05, 4.69) is 0 Å². The molecule has 5 atom stereocenters. The standard InChI is InChI=1S/C18H23F9O3.2CH4/c1-4-13(2,16(19,20)21)12(28)30-14(3)7-9-5-11(14)6-10(9)8-15(29,17(22,23)24)18(25,26)27;;/h9-11,29H,4-8H2,1-3H3;2*1H4. The van der Waals surface area contributed by atoms with Gasteiger partial charge in [0.15, 0.2) is 5.41 Å². The third kappa shape index (κ3) is 4.84. The first kappa shape index (κ1) is 30.8. The van der Waals surface area contributed by atoms with Crippen molar-refractivity contribution in [1.29, 1.82) is 0 Å². The minimum atomic E-state index is -5.93. The molecular weight excluding hydrogens is 459 g/mol. The molecule has 2 aliphatic carbocycles. The Kier molecular flexibility index (Phi) is 8.53. The molecule has 192 valence electrons. The molecule has 0 saturated heterocycles. The predicted molar refractivity (Wildman–Crippen MR) is 98.4 cm³/mol. The first-order valence-corrected chi connectivity index (χ1v) is 9.38. The lowest BCUT2D eigenvalue weighted by molar-refractivity contribution is -0.373. The first-order chi connectivity index (χ1) is 13.2. The van der Waals surface area contributed by atoms with E-state index in [0.29, 0.717) is 6.92 Å².